The van der Waals surface area contributed by atoms with E-state index in [4.69, 9.17) is 0 Å². The highest BCUT2D eigenvalue weighted by atomic mass is 32.1. The van der Waals surface area contributed by atoms with Crippen LogP contribution in [0.25, 0.3) is 16.2 Å². The van der Waals surface area contributed by atoms with Crippen LogP contribution in [0, 0.1) is 6.92 Å². The van der Waals surface area contributed by atoms with Gasteiger partial charge in [-0.25, -0.2) is 13.8 Å². The number of nitrogens with zero attached hydrogens (tertiary/aromatic N) is 5. The van der Waals surface area contributed by atoms with Gasteiger partial charge < -0.3 is 15.2 Å². The van der Waals surface area contributed by atoms with Crippen molar-refractivity contribution in [3.8, 4) is 10.6 Å². The van der Waals surface area contributed by atoms with Gasteiger partial charge in [0.2, 0.25) is 0 Å². The van der Waals surface area contributed by atoms with Crippen molar-refractivity contribution in [1.29, 1.82) is 0 Å². The molecular weight excluding hydrogens is 448 g/mol. The predicted octanol–water partition coefficient (Wildman–Crippen LogP) is 4.22. The van der Waals surface area contributed by atoms with E-state index in [1.54, 1.807) is 29.8 Å². The number of alkyl halides is 2. The number of H-pyrrole nitrogens is 1. The van der Waals surface area contributed by atoms with E-state index in [1.165, 1.54) is 6.33 Å². The number of pyridine rings is 1. The fourth-order valence-electron chi connectivity index (χ4n) is 4.03. The third-order valence-electron chi connectivity index (χ3n) is 5.87. The fraction of sp³-hybridized carbons (Fsp3) is 0.364. The Morgan fingerprint density at radius 3 is 2.76 bits per heavy atom. The second-order valence-corrected chi connectivity index (χ2v) is 9.56. The Hall–Kier alpha value is -3.34. The number of piperidine rings is 1. The third kappa shape index (κ3) is 4.20. The van der Waals surface area contributed by atoms with Crippen LogP contribution in [-0.4, -0.2) is 49.5 Å². The Bertz CT molecular complexity index is 1290. The second-order valence-electron chi connectivity index (χ2n) is 8.27. The summed E-state index contributed by atoms with van der Waals surface area (Å²) in [5.41, 5.74) is 2.57. The molecule has 172 valence electrons. The molecule has 0 aromatic carbocycles. The molecule has 0 bridgehead atoms. The Balaban J connectivity index is 1.56. The van der Waals surface area contributed by atoms with Crippen LogP contribution in [0.15, 0.2) is 36.9 Å². The number of amides is 1. The number of carbonyl (C=O) groups is 1. The molecule has 1 atom stereocenters. The lowest BCUT2D eigenvalue weighted by Crippen LogP contribution is -2.39. The van der Waals surface area contributed by atoms with Gasteiger partial charge >= 0.3 is 0 Å². The molecule has 0 spiro atoms. The Morgan fingerprint density at radius 1 is 1.30 bits per heavy atom. The van der Waals surface area contributed by atoms with Crippen molar-refractivity contribution in [2.24, 2.45) is 0 Å². The number of aromatic amines is 1. The van der Waals surface area contributed by atoms with Gasteiger partial charge in [0.15, 0.2) is 11.5 Å². The highest BCUT2D eigenvalue weighted by Crippen LogP contribution is 2.35. The van der Waals surface area contributed by atoms with Crippen molar-refractivity contribution < 1.29 is 13.6 Å². The van der Waals surface area contributed by atoms with Gasteiger partial charge in [-0.05, 0) is 32.0 Å². The molecule has 1 aliphatic heterocycles. The number of aromatic nitrogens is 5. The van der Waals surface area contributed by atoms with E-state index in [0.717, 1.165) is 15.4 Å². The fourth-order valence-corrected chi connectivity index (χ4v) is 4.90. The molecule has 0 unspecified atom stereocenters. The lowest BCUT2D eigenvalue weighted by atomic mass is 10.1. The smallest absolute Gasteiger partial charge is 0.253 e. The summed E-state index contributed by atoms with van der Waals surface area (Å²) in [5.74, 6) is -2.42. The predicted molar refractivity (Wildman–Crippen MR) is 122 cm³/mol. The van der Waals surface area contributed by atoms with Crippen LogP contribution in [0.1, 0.15) is 46.9 Å². The van der Waals surface area contributed by atoms with E-state index < -0.39 is 5.92 Å². The van der Waals surface area contributed by atoms with Crippen LogP contribution in [-0.2, 0) is 0 Å². The maximum atomic E-state index is 13.8. The van der Waals surface area contributed by atoms with Crippen molar-refractivity contribution in [2.75, 3.05) is 18.0 Å². The highest BCUT2D eigenvalue weighted by Gasteiger charge is 2.35. The molecule has 0 aliphatic carbocycles. The lowest BCUT2D eigenvalue weighted by Gasteiger charge is -2.33. The average molecular weight is 472 g/mol. The SMILES string of the molecule is Cc1ccc(-c2cnc3c(N4CCC(F)(F)CC4)cc(C(=O)N[C@@H](C)c4nnc[nH]4)cn23)s1. The van der Waals surface area contributed by atoms with E-state index in [0.29, 0.717) is 22.7 Å². The van der Waals surface area contributed by atoms with E-state index >= 15 is 0 Å². The number of hydrogen-bond donors (Lipinski definition) is 2. The molecule has 5 rings (SSSR count). The summed E-state index contributed by atoms with van der Waals surface area (Å²) in [5, 5.41) is 10.6. The topological polar surface area (TPSA) is 91.2 Å². The van der Waals surface area contributed by atoms with Crippen molar-refractivity contribution in [2.45, 2.75) is 38.7 Å². The number of carbonyl (C=O) groups excluding carboxylic acids is 1. The van der Waals surface area contributed by atoms with E-state index in [9.17, 15) is 13.6 Å². The minimum absolute atomic E-state index is 0.197. The summed E-state index contributed by atoms with van der Waals surface area (Å²) in [6.45, 7) is 4.23. The molecule has 1 aliphatic rings. The average Bonchev–Trinajstić information content (AvgIpc) is 3.53. The molecule has 33 heavy (non-hydrogen) atoms. The van der Waals surface area contributed by atoms with Crippen LogP contribution >= 0.6 is 11.3 Å². The summed E-state index contributed by atoms with van der Waals surface area (Å²) in [4.78, 5) is 24.7. The normalized spacial score (nSPS) is 16.8. The van der Waals surface area contributed by atoms with Gasteiger partial charge in [-0.15, -0.1) is 21.5 Å². The molecular formula is C22H23F2N7OS. The zero-order valence-electron chi connectivity index (χ0n) is 18.2. The molecule has 0 radical (unpaired) electrons. The summed E-state index contributed by atoms with van der Waals surface area (Å²) in [7, 11) is 0. The quantitative estimate of drug-likeness (QED) is 0.455. The number of halogens is 2. The van der Waals surface area contributed by atoms with Crippen LogP contribution in [0.3, 0.4) is 0 Å². The zero-order chi connectivity index (χ0) is 23.2. The number of anilines is 1. The highest BCUT2D eigenvalue weighted by molar-refractivity contribution is 7.15. The largest absolute Gasteiger partial charge is 0.368 e. The Labute approximate surface area is 192 Å². The van der Waals surface area contributed by atoms with Gasteiger partial charge in [0, 0.05) is 37.0 Å². The van der Waals surface area contributed by atoms with Crippen molar-refractivity contribution in [1.82, 2.24) is 29.9 Å². The van der Waals surface area contributed by atoms with E-state index in [1.807, 2.05) is 35.3 Å². The molecule has 1 saturated heterocycles. The molecule has 5 heterocycles. The van der Waals surface area contributed by atoms with Gasteiger partial charge in [-0.2, -0.15) is 0 Å². The molecule has 4 aromatic rings. The summed E-state index contributed by atoms with van der Waals surface area (Å²) >= 11 is 1.63. The van der Waals surface area contributed by atoms with Gasteiger partial charge in [0.05, 0.1) is 34.1 Å². The second kappa shape index (κ2) is 8.22. The first-order valence-corrected chi connectivity index (χ1v) is 11.5. The minimum atomic E-state index is -2.66. The number of thiophene rings is 1. The number of rotatable bonds is 5. The summed E-state index contributed by atoms with van der Waals surface area (Å²) < 4.78 is 29.5. The molecule has 4 aromatic heterocycles. The van der Waals surface area contributed by atoms with Crippen LogP contribution < -0.4 is 10.2 Å². The number of nitrogens with one attached hydrogen (secondary N) is 2. The first kappa shape index (κ1) is 21.5. The third-order valence-corrected chi connectivity index (χ3v) is 6.89. The Morgan fingerprint density at radius 2 is 2.09 bits per heavy atom. The standard InChI is InChI=1S/C22H23F2N7OS/c1-13-3-4-18(33-13)17-10-25-20-16(30-7-5-22(23,24)6-8-30)9-15(11-31(17)20)21(32)28-14(2)19-26-12-27-29-19/h3-4,9-12,14H,5-8H2,1-2H3,(H,28,32)(H,26,27,29)/t14-/m0/s1. The number of fused-ring (bicyclic) bond motifs is 1. The number of imidazole rings is 1. The molecule has 0 saturated carbocycles. The van der Waals surface area contributed by atoms with Crippen LogP contribution in [0.5, 0.6) is 0 Å². The lowest BCUT2D eigenvalue weighted by molar-refractivity contribution is -0.0220. The van der Waals surface area contributed by atoms with E-state index in [-0.39, 0.29) is 37.9 Å². The number of hydrogen-bond acceptors (Lipinski definition) is 6. The summed E-state index contributed by atoms with van der Waals surface area (Å²) in [6, 6.07) is 5.40. The first-order chi connectivity index (χ1) is 15.8. The van der Waals surface area contributed by atoms with Gasteiger partial charge in [0.25, 0.3) is 11.8 Å². The Kier molecular flexibility index (Phi) is 5.35. The van der Waals surface area contributed by atoms with Gasteiger partial charge in [-0.1, -0.05) is 0 Å². The monoisotopic (exact) mass is 471 g/mol. The van der Waals surface area contributed by atoms with Crippen molar-refractivity contribution in [3.63, 3.8) is 0 Å². The minimum Gasteiger partial charge on any atom is -0.368 e. The summed E-state index contributed by atoms with van der Waals surface area (Å²) in [6.07, 6.45) is 4.51. The first-order valence-electron chi connectivity index (χ1n) is 10.7. The van der Waals surface area contributed by atoms with Gasteiger partial charge in [-0.3, -0.25) is 9.20 Å². The van der Waals surface area contributed by atoms with E-state index in [2.05, 4.69) is 25.5 Å². The zero-order valence-corrected chi connectivity index (χ0v) is 19.0. The maximum Gasteiger partial charge on any atom is 0.253 e. The van der Waals surface area contributed by atoms with Crippen LogP contribution in [0.2, 0.25) is 0 Å². The molecule has 11 heteroatoms. The van der Waals surface area contributed by atoms with Crippen LogP contribution in [0.4, 0.5) is 14.5 Å². The molecule has 8 nitrogen and oxygen atoms in total. The molecule has 1 amide bonds. The van der Waals surface area contributed by atoms with Crippen molar-refractivity contribution in [3.05, 3.63) is 53.2 Å². The van der Waals surface area contributed by atoms with Crippen molar-refractivity contribution >= 4 is 28.6 Å². The molecule has 1 fully saturated rings. The molecule has 2 N–H and O–H groups in total. The number of aryl methyl sites for hydroxylation is 1. The maximum absolute atomic E-state index is 13.8. The van der Waals surface area contributed by atoms with Gasteiger partial charge in [0.1, 0.15) is 6.33 Å².